The molecule has 0 amide bonds. The third-order valence-electron chi connectivity index (χ3n) is 1.93. The average molecular weight is 258 g/mol. The van der Waals surface area contributed by atoms with E-state index in [2.05, 4.69) is 29.8 Å². The van der Waals surface area contributed by atoms with Gasteiger partial charge in [-0.2, -0.15) is 0 Å². The van der Waals surface area contributed by atoms with Crippen molar-refractivity contribution in [3.05, 3.63) is 22.7 Å². The van der Waals surface area contributed by atoms with Gasteiger partial charge in [-0.05, 0) is 30.5 Å². The van der Waals surface area contributed by atoms with Crippen LogP contribution in [0.2, 0.25) is 0 Å². The van der Waals surface area contributed by atoms with Crippen molar-refractivity contribution in [2.24, 2.45) is 5.92 Å². The van der Waals surface area contributed by atoms with Crippen LogP contribution in [0.3, 0.4) is 0 Å². The van der Waals surface area contributed by atoms with Crippen LogP contribution in [0.1, 0.15) is 20.3 Å². The van der Waals surface area contributed by atoms with Gasteiger partial charge in [0.25, 0.3) is 0 Å². The molecule has 78 valence electrons. The number of hydrogen-bond donors (Lipinski definition) is 1. The molecule has 0 bridgehead atoms. The number of nitrogen functional groups attached to an aromatic ring is 1. The van der Waals surface area contributed by atoms with Gasteiger partial charge >= 0.3 is 0 Å². The average Bonchev–Trinajstić information content (AvgIpc) is 2.10. The van der Waals surface area contributed by atoms with Crippen LogP contribution in [0.25, 0.3) is 0 Å². The lowest BCUT2D eigenvalue weighted by molar-refractivity contribution is 0.291. The summed E-state index contributed by atoms with van der Waals surface area (Å²) in [6.45, 7) is 5.07. The number of benzene rings is 1. The fourth-order valence-corrected chi connectivity index (χ4v) is 1.38. The molecule has 0 aromatic heterocycles. The van der Waals surface area contributed by atoms with Crippen molar-refractivity contribution in [3.8, 4) is 5.75 Å². The van der Waals surface area contributed by atoms with Crippen LogP contribution in [0, 0.1) is 5.92 Å². The highest BCUT2D eigenvalue weighted by atomic mass is 79.9. The highest BCUT2D eigenvalue weighted by molar-refractivity contribution is 9.10. The van der Waals surface area contributed by atoms with E-state index >= 15 is 0 Å². The summed E-state index contributed by atoms with van der Waals surface area (Å²) in [6, 6.07) is 5.65. The monoisotopic (exact) mass is 257 g/mol. The van der Waals surface area contributed by atoms with E-state index in [4.69, 9.17) is 10.5 Å². The van der Waals surface area contributed by atoms with Gasteiger partial charge in [-0.25, -0.2) is 0 Å². The summed E-state index contributed by atoms with van der Waals surface area (Å²) < 4.78 is 6.57. The first kappa shape index (κ1) is 11.4. The maximum atomic E-state index is 5.76. The van der Waals surface area contributed by atoms with Crippen molar-refractivity contribution in [2.45, 2.75) is 20.3 Å². The van der Waals surface area contributed by atoms with Crippen molar-refractivity contribution in [2.75, 3.05) is 12.3 Å². The lowest BCUT2D eigenvalue weighted by Crippen LogP contribution is -2.03. The molecule has 0 saturated carbocycles. The molecule has 1 aromatic rings. The minimum Gasteiger partial charge on any atom is -0.491 e. The molecular formula is C11H16BrNO. The Morgan fingerprint density at radius 2 is 2.14 bits per heavy atom. The maximum Gasteiger partial charge on any atom is 0.143 e. The summed E-state index contributed by atoms with van der Waals surface area (Å²) in [4.78, 5) is 0. The van der Waals surface area contributed by atoms with E-state index < -0.39 is 0 Å². The molecule has 1 aromatic carbocycles. The third-order valence-corrected chi connectivity index (χ3v) is 2.42. The molecule has 0 saturated heterocycles. The van der Waals surface area contributed by atoms with Crippen LogP contribution in [0.4, 0.5) is 5.69 Å². The Hall–Kier alpha value is -0.700. The number of nitrogens with two attached hydrogens (primary N) is 1. The summed E-state index contributed by atoms with van der Waals surface area (Å²) in [5.74, 6) is 1.42. The van der Waals surface area contributed by atoms with Crippen LogP contribution in [0.5, 0.6) is 5.75 Å². The van der Waals surface area contributed by atoms with E-state index in [0.717, 1.165) is 23.2 Å². The normalized spacial score (nSPS) is 10.6. The quantitative estimate of drug-likeness (QED) is 0.839. The fraction of sp³-hybridized carbons (Fsp3) is 0.455. The van der Waals surface area contributed by atoms with E-state index in [1.807, 2.05) is 18.2 Å². The fourth-order valence-electron chi connectivity index (χ4n) is 1.04. The highest BCUT2D eigenvalue weighted by Gasteiger charge is 2.01. The zero-order valence-corrected chi connectivity index (χ0v) is 10.2. The summed E-state index contributed by atoms with van der Waals surface area (Å²) >= 11 is 3.38. The van der Waals surface area contributed by atoms with E-state index in [9.17, 15) is 0 Å². The summed E-state index contributed by atoms with van der Waals surface area (Å²) in [5, 5.41) is 0. The van der Waals surface area contributed by atoms with Gasteiger partial charge in [-0.15, -0.1) is 0 Å². The van der Waals surface area contributed by atoms with E-state index in [1.165, 1.54) is 0 Å². The lowest BCUT2D eigenvalue weighted by atomic mass is 10.1. The summed E-state index contributed by atoms with van der Waals surface area (Å²) in [6.07, 6.45) is 1.05. The SMILES string of the molecule is CC(C)CCOc1cc(Br)ccc1N. The minimum absolute atomic E-state index is 0.656. The molecule has 14 heavy (non-hydrogen) atoms. The second kappa shape index (κ2) is 5.25. The van der Waals surface area contributed by atoms with Gasteiger partial charge in [0.05, 0.1) is 12.3 Å². The Bertz CT molecular complexity index is 299. The van der Waals surface area contributed by atoms with Crippen molar-refractivity contribution < 1.29 is 4.74 Å². The standard InChI is InChI=1S/C11H16BrNO/c1-8(2)5-6-14-11-7-9(12)3-4-10(11)13/h3-4,7-8H,5-6,13H2,1-2H3. The highest BCUT2D eigenvalue weighted by Crippen LogP contribution is 2.25. The van der Waals surface area contributed by atoms with Gasteiger partial charge in [0.15, 0.2) is 0 Å². The first-order valence-electron chi connectivity index (χ1n) is 4.77. The van der Waals surface area contributed by atoms with Crippen molar-refractivity contribution in [1.29, 1.82) is 0 Å². The first-order valence-corrected chi connectivity index (χ1v) is 5.56. The smallest absolute Gasteiger partial charge is 0.143 e. The zero-order valence-electron chi connectivity index (χ0n) is 8.59. The Labute approximate surface area is 93.6 Å². The molecule has 0 unspecified atom stereocenters. The predicted molar refractivity (Wildman–Crippen MR) is 63.5 cm³/mol. The van der Waals surface area contributed by atoms with Crippen molar-refractivity contribution in [1.82, 2.24) is 0 Å². The Balaban J connectivity index is 2.53. The van der Waals surface area contributed by atoms with Crippen LogP contribution >= 0.6 is 15.9 Å². The van der Waals surface area contributed by atoms with E-state index in [1.54, 1.807) is 0 Å². The van der Waals surface area contributed by atoms with Gasteiger partial charge in [-0.3, -0.25) is 0 Å². The van der Waals surface area contributed by atoms with E-state index in [-0.39, 0.29) is 0 Å². The van der Waals surface area contributed by atoms with Crippen LogP contribution in [0.15, 0.2) is 22.7 Å². The number of rotatable bonds is 4. The molecule has 3 heteroatoms. The molecule has 0 spiro atoms. The van der Waals surface area contributed by atoms with Gasteiger partial charge in [-0.1, -0.05) is 29.8 Å². The summed E-state index contributed by atoms with van der Waals surface area (Å²) in [5.41, 5.74) is 6.45. The molecule has 0 radical (unpaired) electrons. The molecule has 2 nitrogen and oxygen atoms in total. The maximum absolute atomic E-state index is 5.76. The number of halogens is 1. The molecule has 0 aliphatic heterocycles. The molecule has 0 aliphatic carbocycles. The molecule has 1 rings (SSSR count). The molecule has 2 N–H and O–H groups in total. The Morgan fingerprint density at radius 1 is 1.43 bits per heavy atom. The summed E-state index contributed by atoms with van der Waals surface area (Å²) in [7, 11) is 0. The molecule has 0 fully saturated rings. The zero-order chi connectivity index (χ0) is 10.6. The van der Waals surface area contributed by atoms with Crippen molar-refractivity contribution >= 4 is 21.6 Å². The Morgan fingerprint density at radius 3 is 2.79 bits per heavy atom. The minimum atomic E-state index is 0.656. The van der Waals surface area contributed by atoms with Crippen LogP contribution < -0.4 is 10.5 Å². The molecule has 0 heterocycles. The third kappa shape index (κ3) is 3.58. The topological polar surface area (TPSA) is 35.2 Å². The van der Waals surface area contributed by atoms with Crippen molar-refractivity contribution in [3.63, 3.8) is 0 Å². The van der Waals surface area contributed by atoms with E-state index in [0.29, 0.717) is 11.6 Å². The number of anilines is 1. The van der Waals surface area contributed by atoms with Gasteiger partial charge in [0.2, 0.25) is 0 Å². The van der Waals surface area contributed by atoms with Gasteiger partial charge < -0.3 is 10.5 Å². The van der Waals surface area contributed by atoms with Gasteiger partial charge in [0, 0.05) is 4.47 Å². The number of ether oxygens (including phenoxy) is 1. The molecular weight excluding hydrogens is 242 g/mol. The first-order chi connectivity index (χ1) is 6.59. The Kier molecular flexibility index (Phi) is 4.26. The van der Waals surface area contributed by atoms with Crippen LogP contribution in [-0.2, 0) is 0 Å². The largest absolute Gasteiger partial charge is 0.491 e. The number of hydrogen-bond acceptors (Lipinski definition) is 2. The predicted octanol–water partition coefficient (Wildman–Crippen LogP) is 3.46. The van der Waals surface area contributed by atoms with Gasteiger partial charge in [0.1, 0.15) is 5.75 Å². The second-order valence-corrected chi connectivity index (χ2v) is 4.63. The molecule has 0 atom stereocenters. The lowest BCUT2D eigenvalue weighted by Gasteiger charge is -2.10. The second-order valence-electron chi connectivity index (χ2n) is 3.71. The molecule has 0 aliphatic rings. The van der Waals surface area contributed by atoms with Crippen LogP contribution in [-0.4, -0.2) is 6.61 Å².